The predicted molar refractivity (Wildman–Crippen MR) is 76.4 cm³/mol. The van der Waals surface area contributed by atoms with Crippen LogP contribution in [0.25, 0.3) is 0 Å². The molecule has 1 saturated heterocycles. The molecule has 1 aromatic heterocycles. The number of hydrogen-bond donors (Lipinski definition) is 1. The van der Waals surface area contributed by atoms with E-state index in [-0.39, 0.29) is 12.1 Å². The maximum absolute atomic E-state index is 11.8. The van der Waals surface area contributed by atoms with Crippen LogP contribution in [0, 0.1) is 5.92 Å². The number of rotatable bonds is 4. The molecular weight excluding hydrogens is 272 g/mol. The number of nitrogens with zero attached hydrogens (tertiary/aromatic N) is 5. The molecule has 1 amide bonds. The van der Waals surface area contributed by atoms with E-state index in [9.17, 15) is 4.79 Å². The first kappa shape index (κ1) is 15.7. The fourth-order valence-electron chi connectivity index (χ4n) is 2.12. The number of aromatic nitrogens is 4. The van der Waals surface area contributed by atoms with E-state index in [1.165, 1.54) is 4.80 Å². The zero-order valence-electron chi connectivity index (χ0n) is 13.3. The largest absolute Gasteiger partial charge is 0.444 e. The van der Waals surface area contributed by atoms with E-state index in [0.717, 1.165) is 13.1 Å². The second-order valence-corrected chi connectivity index (χ2v) is 6.51. The minimum absolute atomic E-state index is 0.235. The number of hydrogen-bond acceptors (Lipinski definition) is 6. The molecule has 1 atom stereocenters. The van der Waals surface area contributed by atoms with E-state index < -0.39 is 5.60 Å². The maximum Gasteiger partial charge on any atom is 0.410 e. The number of carbonyl (C=O) groups is 1. The number of ether oxygens (including phenoxy) is 1. The molecule has 2 rings (SSSR count). The van der Waals surface area contributed by atoms with E-state index in [2.05, 4.69) is 27.7 Å². The fourth-order valence-corrected chi connectivity index (χ4v) is 2.12. The van der Waals surface area contributed by atoms with Gasteiger partial charge in [-0.05, 0) is 32.9 Å². The molecule has 2 heterocycles. The highest BCUT2D eigenvalue weighted by atomic mass is 16.6. The van der Waals surface area contributed by atoms with Gasteiger partial charge in [-0.3, -0.25) is 0 Å². The first-order chi connectivity index (χ1) is 9.74. The normalized spacial score (nSPS) is 17.5. The molecule has 1 aliphatic heterocycles. The van der Waals surface area contributed by atoms with Gasteiger partial charge in [0, 0.05) is 25.0 Å². The van der Waals surface area contributed by atoms with Gasteiger partial charge in [-0.25, -0.2) is 4.79 Å². The molecule has 0 saturated carbocycles. The molecular formula is C13H24N6O2. The highest BCUT2D eigenvalue weighted by Gasteiger charge is 2.36. The average Bonchev–Trinajstić information content (AvgIpc) is 2.68. The van der Waals surface area contributed by atoms with Gasteiger partial charge < -0.3 is 15.0 Å². The third-order valence-electron chi connectivity index (χ3n) is 3.40. The third kappa shape index (κ3) is 4.38. The first-order valence-corrected chi connectivity index (χ1v) is 7.19. The summed E-state index contributed by atoms with van der Waals surface area (Å²) < 4.78 is 5.34. The Morgan fingerprint density at radius 1 is 1.48 bits per heavy atom. The standard InChI is InChI=1S/C13H24N6O2/c1-9(14-6-11-15-17-18(5)16-11)10-7-19(8-10)12(20)21-13(2,3)4/h9-10,14H,6-8H2,1-5H3/t9-/m0/s1. The first-order valence-electron chi connectivity index (χ1n) is 7.19. The lowest BCUT2D eigenvalue weighted by atomic mass is 9.93. The summed E-state index contributed by atoms with van der Waals surface area (Å²) in [4.78, 5) is 15.0. The van der Waals surface area contributed by atoms with Crippen LogP contribution in [0.4, 0.5) is 4.79 Å². The second kappa shape index (κ2) is 5.97. The molecule has 1 fully saturated rings. The van der Waals surface area contributed by atoms with Crippen molar-refractivity contribution in [2.24, 2.45) is 13.0 Å². The van der Waals surface area contributed by atoms with Crippen molar-refractivity contribution in [1.29, 1.82) is 0 Å². The summed E-state index contributed by atoms with van der Waals surface area (Å²) in [6.07, 6.45) is -0.235. The van der Waals surface area contributed by atoms with Crippen LogP contribution in [0.15, 0.2) is 0 Å². The Morgan fingerprint density at radius 3 is 2.67 bits per heavy atom. The van der Waals surface area contributed by atoms with Crippen LogP contribution >= 0.6 is 0 Å². The molecule has 1 N–H and O–H groups in total. The molecule has 0 unspecified atom stereocenters. The fraction of sp³-hybridized carbons (Fsp3) is 0.846. The van der Waals surface area contributed by atoms with E-state index in [1.807, 2.05) is 20.8 Å². The van der Waals surface area contributed by atoms with Gasteiger partial charge in [0.1, 0.15) is 5.60 Å². The van der Waals surface area contributed by atoms with Gasteiger partial charge in [-0.1, -0.05) is 0 Å². The van der Waals surface area contributed by atoms with Crippen molar-refractivity contribution >= 4 is 6.09 Å². The minimum atomic E-state index is -0.441. The summed E-state index contributed by atoms with van der Waals surface area (Å²) in [7, 11) is 1.74. The molecule has 21 heavy (non-hydrogen) atoms. The smallest absolute Gasteiger partial charge is 0.410 e. The number of amides is 1. The topological polar surface area (TPSA) is 85.2 Å². The second-order valence-electron chi connectivity index (χ2n) is 6.51. The zero-order valence-corrected chi connectivity index (χ0v) is 13.3. The SMILES string of the molecule is C[C@H](NCc1nnn(C)n1)C1CN(C(=O)OC(C)(C)C)C1. The predicted octanol–water partition coefficient (Wildman–Crippen LogP) is 0.555. The zero-order chi connectivity index (χ0) is 15.6. The number of nitrogens with one attached hydrogen (secondary N) is 1. The molecule has 8 heteroatoms. The quantitative estimate of drug-likeness (QED) is 0.873. The molecule has 0 radical (unpaired) electrons. The lowest BCUT2D eigenvalue weighted by Gasteiger charge is -2.42. The number of carbonyl (C=O) groups excluding carboxylic acids is 1. The van der Waals surface area contributed by atoms with Gasteiger partial charge in [0.05, 0.1) is 13.6 Å². The lowest BCUT2D eigenvalue weighted by molar-refractivity contribution is -0.00583. The van der Waals surface area contributed by atoms with Crippen LogP contribution in [0.1, 0.15) is 33.5 Å². The molecule has 0 aliphatic carbocycles. The Bertz CT molecular complexity index is 489. The van der Waals surface area contributed by atoms with E-state index >= 15 is 0 Å². The Hall–Kier alpha value is -1.70. The molecule has 118 valence electrons. The molecule has 0 bridgehead atoms. The molecule has 1 aromatic rings. The summed E-state index contributed by atoms with van der Waals surface area (Å²) in [5.74, 6) is 1.10. The van der Waals surface area contributed by atoms with Crippen LogP contribution in [0.5, 0.6) is 0 Å². The average molecular weight is 296 g/mol. The van der Waals surface area contributed by atoms with E-state index in [0.29, 0.717) is 18.3 Å². The van der Waals surface area contributed by atoms with Crippen molar-refractivity contribution in [3.63, 3.8) is 0 Å². The summed E-state index contributed by atoms with van der Waals surface area (Å²) in [6.45, 7) is 9.75. The van der Waals surface area contributed by atoms with Crippen molar-refractivity contribution in [2.75, 3.05) is 13.1 Å². The summed E-state index contributed by atoms with van der Waals surface area (Å²) in [5.41, 5.74) is -0.441. The lowest BCUT2D eigenvalue weighted by Crippen LogP contribution is -2.57. The summed E-state index contributed by atoms with van der Waals surface area (Å²) in [6, 6.07) is 0.285. The molecule has 8 nitrogen and oxygen atoms in total. The highest BCUT2D eigenvalue weighted by molar-refractivity contribution is 5.69. The molecule has 0 aromatic carbocycles. The summed E-state index contributed by atoms with van der Waals surface area (Å²) >= 11 is 0. The van der Waals surface area contributed by atoms with Crippen molar-refractivity contribution in [2.45, 2.75) is 45.9 Å². The maximum atomic E-state index is 11.8. The monoisotopic (exact) mass is 296 g/mol. The number of tetrazole rings is 1. The highest BCUT2D eigenvalue weighted by Crippen LogP contribution is 2.22. The Morgan fingerprint density at radius 2 is 2.14 bits per heavy atom. The van der Waals surface area contributed by atoms with Crippen LogP contribution in [0.3, 0.4) is 0 Å². The van der Waals surface area contributed by atoms with Crippen molar-refractivity contribution in [3.8, 4) is 0 Å². The Kier molecular flexibility index (Phi) is 4.46. The van der Waals surface area contributed by atoms with Crippen molar-refractivity contribution in [1.82, 2.24) is 30.4 Å². The number of aryl methyl sites for hydroxylation is 1. The van der Waals surface area contributed by atoms with Gasteiger partial charge in [-0.2, -0.15) is 4.80 Å². The molecule has 0 spiro atoms. The van der Waals surface area contributed by atoms with Gasteiger partial charge >= 0.3 is 6.09 Å². The van der Waals surface area contributed by atoms with Crippen molar-refractivity contribution < 1.29 is 9.53 Å². The molecule has 1 aliphatic rings. The Balaban J connectivity index is 1.70. The Labute approximate surface area is 124 Å². The van der Waals surface area contributed by atoms with Crippen LogP contribution in [-0.4, -0.2) is 55.9 Å². The summed E-state index contributed by atoms with van der Waals surface area (Å²) in [5, 5.41) is 15.2. The van der Waals surface area contributed by atoms with Gasteiger partial charge in [0.25, 0.3) is 0 Å². The minimum Gasteiger partial charge on any atom is -0.444 e. The van der Waals surface area contributed by atoms with E-state index in [1.54, 1.807) is 11.9 Å². The number of likely N-dealkylation sites (tertiary alicyclic amines) is 1. The van der Waals surface area contributed by atoms with E-state index in [4.69, 9.17) is 4.74 Å². The van der Waals surface area contributed by atoms with Crippen LogP contribution < -0.4 is 5.32 Å². The van der Waals surface area contributed by atoms with Crippen LogP contribution in [-0.2, 0) is 18.3 Å². The van der Waals surface area contributed by atoms with Crippen LogP contribution in [0.2, 0.25) is 0 Å². The van der Waals surface area contributed by atoms with Gasteiger partial charge in [0.2, 0.25) is 0 Å². The van der Waals surface area contributed by atoms with Crippen molar-refractivity contribution in [3.05, 3.63) is 5.82 Å². The third-order valence-corrected chi connectivity index (χ3v) is 3.40. The van der Waals surface area contributed by atoms with Gasteiger partial charge in [0.15, 0.2) is 5.82 Å². The van der Waals surface area contributed by atoms with Gasteiger partial charge in [-0.15, -0.1) is 10.2 Å².